The van der Waals surface area contributed by atoms with Gasteiger partial charge < -0.3 is 5.11 Å². The molecule has 0 amide bonds. The molecule has 0 spiro atoms. The van der Waals surface area contributed by atoms with Crippen molar-refractivity contribution in [1.29, 1.82) is 0 Å². The number of hydrogen-bond donors (Lipinski definition) is 1. The van der Waals surface area contributed by atoms with Crippen molar-refractivity contribution in [3.05, 3.63) is 34.9 Å². The van der Waals surface area contributed by atoms with Gasteiger partial charge in [0.1, 0.15) is 0 Å². The molecule has 2 rings (SSSR count). The summed E-state index contributed by atoms with van der Waals surface area (Å²) < 4.78 is 38.3. The lowest BCUT2D eigenvalue weighted by atomic mass is 9.77. The summed E-state index contributed by atoms with van der Waals surface area (Å²) in [6.07, 6.45) is -3.22. The highest BCUT2D eigenvalue weighted by Crippen LogP contribution is 2.41. The van der Waals surface area contributed by atoms with E-state index in [4.69, 9.17) is 11.6 Å². The molecule has 0 aromatic heterocycles. The Hall–Kier alpha value is -0.740. The molecule has 0 radical (unpaired) electrons. The van der Waals surface area contributed by atoms with Crippen LogP contribution in [0.5, 0.6) is 0 Å². The van der Waals surface area contributed by atoms with Gasteiger partial charge in [0.2, 0.25) is 0 Å². The van der Waals surface area contributed by atoms with Gasteiger partial charge in [-0.2, -0.15) is 13.2 Å². The third-order valence-corrected chi connectivity index (χ3v) is 4.48. The smallest absolute Gasteiger partial charge is 0.391 e. The van der Waals surface area contributed by atoms with Crippen molar-refractivity contribution in [2.24, 2.45) is 11.8 Å². The van der Waals surface area contributed by atoms with Gasteiger partial charge in [0.15, 0.2) is 0 Å². The number of halogens is 4. The minimum absolute atomic E-state index is 0.0229. The highest BCUT2D eigenvalue weighted by molar-refractivity contribution is 6.31. The molecular weight excluding hydrogens is 289 g/mol. The monoisotopic (exact) mass is 306 g/mol. The Morgan fingerprint density at radius 2 is 1.95 bits per heavy atom. The third kappa shape index (κ3) is 3.89. The molecule has 1 aliphatic rings. The maximum Gasteiger partial charge on any atom is 0.391 e. The van der Waals surface area contributed by atoms with Gasteiger partial charge in [-0.15, -0.1) is 0 Å². The molecule has 1 aromatic carbocycles. The third-order valence-electron chi connectivity index (χ3n) is 4.11. The lowest BCUT2D eigenvalue weighted by Gasteiger charge is -2.33. The molecule has 3 atom stereocenters. The number of aliphatic hydroxyl groups is 1. The standard InChI is InChI=1S/C15H18ClF3O/c16-13-7-2-1-4-10(13)9-14(20)11-5-3-6-12(8-11)15(17,18)19/h1-2,4,7,11-12,14,20H,3,5-6,8-9H2. The fraction of sp³-hybridized carbons (Fsp3) is 0.600. The average molecular weight is 307 g/mol. The van der Waals surface area contributed by atoms with Crippen molar-refractivity contribution in [2.45, 2.75) is 44.4 Å². The first-order chi connectivity index (χ1) is 9.38. The zero-order valence-electron chi connectivity index (χ0n) is 11.0. The first-order valence-corrected chi connectivity index (χ1v) is 7.24. The van der Waals surface area contributed by atoms with Crippen LogP contribution in [0.1, 0.15) is 31.2 Å². The Labute approximate surface area is 121 Å². The minimum Gasteiger partial charge on any atom is -0.392 e. The van der Waals surface area contributed by atoms with Crippen LogP contribution >= 0.6 is 11.6 Å². The molecule has 1 fully saturated rings. The van der Waals surface area contributed by atoms with Crippen molar-refractivity contribution in [1.82, 2.24) is 0 Å². The van der Waals surface area contributed by atoms with Crippen molar-refractivity contribution < 1.29 is 18.3 Å². The van der Waals surface area contributed by atoms with Gasteiger partial charge in [0, 0.05) is 11.4 Å². The highest BCUT2D eigenvalue weighted by atomic mass is 35.5. The van der Waals surface area contributed by atoms with Crippen LogP contribution in [0.15, 0.2) is 24.3 Å². The van der Waals surface area contributed by atoms with E-state index < -0.39 is 18.2 Å². The van der Waals surface area contributed by atoms with Gasteiger partial charge in [-0.3, -0.25) is 0 Å². The normalized spacial score (nSPS) is 25.4. The molecule has 112 valence electrons. The topological polar surface area (TPSA) is 20.2 Å². The minimum atomic E-state index is -4.15. The molecule has 0 aliphatic heterocycles. The van der Waals surface area contributed by atoms with Gasteiger partial charge in [-0.05, 0) is 36.8 Å². The molecule has 3 unspecified atom stereocenters. The SMILES string of the molecule is OC(Cc1ccccc1Cl)C1CCCC(C(F)(F)F)C1. The molecule has 0 bridgehead atoms. The van der Waals surface area contributed by atoms with Crippen LogP contribution < -0.4 is 0 Å². The summed E-state index contributed by atoms with van der Waals surface area (Å²) in [5, 5.41) is 10.8. The van der Waals surface area contributed by atoms with E-state index in [-0.39, 0.29) is 18.8 Å². The van der Waals surface area contributed by atoms with E-state index >= 15 is 0 Å². The van der Waals surface area contributed by atoms with E-state index in [1.807, 2.05) is 6.07 Å². The summed E-state index contributed by atoms with van der Waals surface area (Å²) >= 11 is 6.02. The summed E-state index contributed by atoms with van der Waals surface area (Å²) in [5.74, 6) is -1.58. The predicted octanol–water partition coefficient (Wildman–Crippen LogP) is 4.61. The van der Waals surface area contributed by atoms with E-state index in [1.165, 1.54) is 0 Å². The fourth-order valence-electron chi connectivity index (χ4n) is 2.93. The second-order valence-corrected chi connectivity index (χ2v) is 5.94. The van der Waals surface area contributed by atoms with E-state index in [0.717, 1.165) is 5.56 Å². The number of aliphatic hydroxyl groups excluding tert-OH is 1. The van der Waals surface area contributed by atoms with Gasteiger partial charge >= 0.3 is 6.18 Å². The molecule has 0 heterocycles. The van der Waals surface area contributed by atoms with Crippen LogP contribution in [0.2, 0.25) is 5.02 Å². The zero-order chi connectivity index (χ0) is 14.8. The quantitative estimate of drug-likeness (QED) is 0.864. The first-order valence-electron chi connectivity index (χ1n) is 6.86. The van der Waals surface area contributed by atoms with Gasteiger partial charge in [0.25, 0.3) is 0 Å². The molecule has 5 heteroatoms. The fourth-order valence-corrected chi connectivity index (χ4v) is 3.14. The maximum atomic E-state index is 12.8. The van der Waals surface area contributed by atoms with Crippen LogP contribution in [0.25, 0.3) is 0 Å². The maximum absolute atomic E-state index is 12.8. The number of benzene rings is 1. The predicted molar refractivity (Wildman–Crippen MR) is 72.7 cm³/mol. The lowest BCUT2D eigenvalue weighted by molar-refractivity contribution is -0.188. The van der Waals surface area contributed by atoms with Crippen molar-refractivity contribution in [3.8, 4) is 0 Å². The van der Waals surface area contributed by atoms with Crippen molar-refractivity contribution >= 4 is 11.6 Å². The molecular formula is C15H18ClF3O. The van der Waals surface area contributed by atoms with Crippen LogP contribution in [-0.2, 0) is 6.42 Å². The Morgan fingerprint density at radius 1 is 1.25 bits per heavy atom. The number of alkyl halides is 3. The lowest BCUT2D eigenvalue weighted by Crippen LogP contribution is -2.34. The Morgan fingerprint density at radius 3 is 2.60 bits per heavy atom. The molecule has 0 saturated heterocycles. The Kier molecular flexibility index (Phi) is 4.97. The van der Waals surface area contributed by atoms with Gasteiger partial charge in [-0.1, -0.05) is 36.2 Å². The zero-order valence-corrected chi connectivity index (χ0v) is 11.8. The summed E-state index contributed by atoms with van der Waals surface area (Å²) in [4.78, 5) is 0. The van der Waals surface area contributed by atoms with Gasteiger partial charge in [-0.25, -0.2) is 0 Å². The second-order valence-electron chi connectivity index (χ2n) is 5.53. The van der Waals surface area contributed by atoms with Crippen LogP contribution in [0, 0.1) is 11.8 Å². The molecule has 1 N–H and O–H groups in total. The summed E-state index contributed by atoms with van der Waals surface area (Å²) in [5.41, 5.74) is 0.788. The molecule has 20 heavy (non-hydrogen) atoms. The van der Waals surface area contributed by atoms with E-state index in [0.29, 0.717) is 24.3 Å². The molecule has 1 aromatic rings. The van der Waals surface area contributed by atoms with Crippen LogP contribution in [-0.4, -0.2) is 17.4 Å². The summed E-state index contributed by atoms with van der Waals surface area (Å²) in [6.45, 7) is 0. The number of hydrogen-bond acceptors (Lipinski definition) is 1. The Bertz CT molecular complexity index is 447. The van der Waals surface area contributed by atoms with E-state index in [2.05, 4.69) is 0 Å². The van der Waals surface area contributed by atoms with Crippen LogP contribution in [0.3, 0.4) is 0 Å². The van der Waals surface area contributed by atoms with Crippen LogP contribution in [0.4, 0.5) is 13.2 Å². The van der Waals surface area contributed by atoms with Crippen molar-refractivity contribution in [3.63, 3.8) is 0 Å². The summed E-state index contributed by atoms with van der Waals surface area (Å²) in [6, 6.07) is 7.13. The largest absolute Gasteiger partial charge is 0.392 e. The molecule has 1 saturated carbocycles. The average Bonchev–Trinajstić information content (AvgIpc) is 2.40. The highest BCUT2D eigenvalue weighted by Gasteiger charge is 2.43. The van der Waals surface area contributed by atoms with Crippen molar-refractivity contribution in [2.75, 3.05) is 0 Å². The van der Waals surface area contributed by atoms with Gasteiger partial charge in [0.05, 0.1) is 12.0 Å². The Balaban J connectivity index is 1.99. The van der Waals surface area contributed by atoms with E-state index in [9.17, 15) is 18.3 Å². The number of rotatable bonds is 3. The summed E-state index contributed by atoms with van der Waals surface area (Å²) in [7, 11) is 0. The second kappa shape index (κ2) is 6.35. The van der Waals surface area contributed by atoms with E-state index in [1.54, 1.807) is 18.2 Å². The first kappa shape index (κ1) is 15.6. The molecule has 1 aliphatic carbocycles. The molecule has 1 nitrogen and oxygen atoms in total.